The number of ether oxygens (including phenoxy) is 1. The van der Waals surface area contributed by atoms with Crippen LogP contribution in [0.1, 0.15) is 6.42 Å². The predicted octanol–water partition coefficient (Wildman–Crippen LogP) is -1.48. The van der Waals surface area contributed by atoms with E-state index in [1.165, 1.54) is 11.0 Å². The second kappa shape index (κ2) is 4.27. The quantitative estimate of drug-likeness (QED) is 0.425. The van der Waals surface area contributed by atoms with Crippen molar-refractivity contribution in [3.8, 4) is 0 Å². The van der Waals surface area contributed by atoms with Crippen LogP contribution in [0.3, 0.4) is 0 Å². The number of hydrogen-bond donors (Lipinski definition) is 2. The number of amides is 1. The minimum atomic E-state index is -1.14. The van der Waals surface area contributed by atoms with Gasteiger partial charge in [-0.05, 0) is 6.08 Å². The molecule has 2 rings (SSSR count). The second-order valence-electron chi connectivity index (χ2n) is 3.11. The third-order valence-electron chi connectivity index (χ3n) is 2.29. The monoisotopic (exact) mass is 206 g/mol. The van der Waals surface area contributed by atoms with Gasteiger partial charge in [0.05, 0.1) is 13.0 Å². The van der Waals surface area contributed by atoms with Crippen LogP contribution >= 0.6 is 0 Å². The van der Waals surface area contributed by atoms with Crippen LogP contribution in [0.15, 0.2) is 11.8 Å². The molecule has 2 saturated heterocycles. The van der Waals surface area contributed by atoms with E-state index in [0.717, 1.165) is 0 Å². The minimum absolute atomic E-state index is 0. The van der Waals surface area contributed by atoms with Gasteiger partial charge in [0.15, 0.2) is 12.3 Å². The summed E-state index contributed by atoms with van der Waals surface area (Å²) in [5.74, 6) is -1.22. The Morgan fingerprint density at radius 1 is 1.67 bits per heavy atom. The summed E-state index contributed by atoms with van der Waals surface area (Å²) in [6.07, 6.45) is 1.03. The molecule has 0 aromatic rings. The number of aliphatic hydroxyl groups is 1. The van der Waals surface area contributed by atoms with Crippen molar-refractivity contribution in [2.75, 3.05) is 6.61 Å². The smallest absolute Gasteiger partial charge is 0.334 e. The van der Waals surface area contributed by atoms with Crippen LogP contribution in [-0.2, 0) is 14.3 Å². The summed E-state index contributed by atoms with van der Waals surface area (Å²) < 4.78 is 5.17. The molecule has 0 aromatic carbocycles. The molecule has 0 unspecified atom stereocenters. The third kappa shape index (κ3) is 1.76. The Kier molecular flexibility index (Phi) is 3.45. The van der Waals surface area contributed by atoms with Gasteiger partial charge >= 0.3 is 5.97 Å². The fourth-order valence-corrected chi connectivity index (χ4v) is 1.66. The van der Waals surface area contributed by atoms with E-state index in [0.29, 0.717) is 0 Å². The molecule has 0 aliphatic carbocycles. The van der Waals surface area contributed by atoms with Crippen LogP contribution in [-0.4, -0.2) is 64.7 Å². The van der Waals surface area contributed by atoms with Gasteiger partial charge in [-0.15, -0.1) is 0 Å². The summed E-state index contributed by atoms with van der Waals surface area (Å²) in [7, 11) is 0. The van der Waals surface area contributed by atoms with Crippen molar-refractivity contribution in [1.82, 2.24) is 4.90 Å². The number of carbonyl (C=O) groups excluding carboxylic acids is 1. The number of carbonyl (C=O) groups is 2. The number of nitrogens with zero attached hydrogens (tertiary/aromatic N) is 1. The molecule has 1 amide bonds. The fourth-order valence-electron chi connectivity index (χ4n) is 1.66. The summed E-state index contributed by atoms with van der Waals surface area (Å²) in [4.78, 5) is 23.1. The largest absolute Gasteiger partial charge is 0.479 e. The second-order valence-corrected chi connectivity index (χ2v) is 3.11. The molecular formula is C8H9LiNO5. The average Bonchev–Trinajstić information content (AvgIpc) is 2.39. The average molecular weight is 206 g/mol. The van der Waals surface area contributed by atoms with Crippen LogP contribution < -0.4 is 0 Å². The first-order chi connectivity index (χ1) is 6.65. The van der Waals surface area contributed by atoms with Gasteiger partial charge in [-0.3, -0.25) is 9.69 Å². The van der Waals surface area contributed by atoms with E-state index in [2.05, 4.69) is 0 Å². The molecule has 2 fully saturated rings. The molecule has 7 heteroatoms. The first kappa shape index (κ1) is 12.1. The molecule has 2 aliphatic heterocycles. The molecule has 1 radical (unpaired) electrons. The maximum atomic E-state index is 11.1. The molecule has 77 valence electrons. The Bertz CT molecular complexity index is 329. The van der Waals surface area contributed by atoms with Crippen molar-refractivity contribution in [2.24, 2.45) is 0 Å². The van der Waals surface area contributed by atoms with E-state index in [9.17, 15) is 9.59 Å². The van der Waals surface area contributed by atoms with Crippen molar-refractivity contribution in [3.05, 3.63) is 11.8 Å². The van der Waals surface area contributed by atoms with Gasteiger partial charge in [0.1, 0.15) is 5.76 Å². The molecule has 6 nitrogen and oxygen atoms in total. The standard InChI is InChI=1S/C8H9NO5.Li/c10-2-1-4-7(8(12)13)9-5(11)3-6(9)14-4;/h1,6-7,10H,2-3H2,(H,12,13);/b4-1-;/t6-,7-;/m1./s1. The first-order valence-corrected chi connectivity index (χ1v) is 4.16. The van der Waals surface area contributed by atoms with Crippen LogP contribution in [0.2, 0.25) is 0 Å². The Morgan fingerprint density at radius 2 is 2.33 bits per heavy atom. The zero-order valence-corrected chi connectivity index (χ0v) is 8.21. The maximum Gasteiger partial charge on any atom is 0.334 e. The van der Waals surface area contributed by atoms with Crippen molar-refractivity contribution >= 4 is 30.7 Å². The number of carboxylic acids is 1. The number of aliphatic carboxylic acids is 1. The van der Waals surface area contributed by atoms with Crippen LogP contribution in [0.5, 0.6) is 0 Å². The third-order valence-corrected chi connectivity index (χ3v) is 2.29. The number of hydrogen-bond acceptors (Lipinski definition) is 4. The predicted molar refractivity (Wildman–Crippen MR) is 48.7 cm³/mol. The summed E-state index contributed by atoms with van der Waals surface area (Å²) in [6, 6.07) is -1.06. The van der Waals surface area contributed by atoms with Crippen LogP contribution in [0.4, 0.5) is 0 Å². The number of fused-ring (bicyclic) bond motifs is 1. The zero-order chi connectivity index (χ0) is 10.3. The Labute approximate surface area is 97.7 Å². The van der Waals surface area contributed by atoms with Gasteiger partial charge < -0.3 is 14.9 Å². The Hall–Kier alpha value is -0.963. The van der Waals surface area contributed by atoms with Gasteiger partial charge in [-0.1, -0.05) is 0 Å². The normalized spacial score (nSPS) is 30.3. The van der Waals surface area contributed by atoms with E-state index < -0.39 is 18.2 Å². The number of β-lactam (4-membered cyclic amide) rings is 1. The van der Waals surface area contributed by atoms with E-state index in [1.807, 2.05) is 0 Å². The van der Waals surface area contributed by atoms with Crippen LogP contribution in [0, 0.1) is 0 Å². The van der Waals surface area contributed by atoms with Gasteiger partial charge in [-0.2, -0.15) is 0 Å². The molecular weight excluding hydrogens is 197 g/mol. The summed E-state index contributed by atoms with van der Waals surface area (Å²) in [5, 5.41) is 17.5. The molecule has 2 atom stereocenters. The summed E-state index contributed by atoms with van der Waals surface area (Å²) in [6.45, 7) is -0.298. The van der Waals surface area contributed by atoms with Gasteiger partial charge in [-0.25, -0.2) is 4.79 Å². The fraction of sp³-hybridized carbons (Fsp3) is 0.500. The minimum Gasteiger partial charge on any atom is -0.479 e. The van der Waals surface area contributed by atoms with E-state index in [1.54, 1.807) is 0 Å². The molecule has 0 bridgehead atoms. The number of aliphatic hydroxyl groups excluding tert-OH is 1. The van der Waals surface area contributed by atoms with Crippen molar-refractivity contribution < 1.29 is 24.5 Å². The first-order valence-electron chi connectivity index (χ1n) is 4.16. The molecule has 0 spiro atoms. The van der Waals surface area contributed by atoms with Gasteiger partial charge in [0.2, 0.25) is 5.91 Å². The summed E-state index contributed by atoms with van der Waals surface area (Å²) in [5.41, 5.74) is 0. The van der Waals surface area contributed by atoms with E-state index in [-0.39, 0.29) is 43.6 Å². The van der Waals surface area contributed by atoms with E-state index >= 15 is 0 Å². The Morgan fingerprint density at radius 3 is 2.80 bits per heavy atom. The molecule has 0 aromatic heterocycles. The number of carboxylic acid groups (broad SMARTS) is 1. The van der Waals surface area contributed by atoms with Crippen molar-refractivity contribution in [3.63, 3.8) is 0 Å². The number of rotatable bonds is 2. The zero-order valence-electron chi connectivity index (χ0n) is 8.21. The van der Waals surface area contributed by atoms with E-state index in [4.69, 9.17) is 14.9 Å². The molecule has 0 saturated carbocycles. The molecule has 2 aliphatic rings. The SMILES string of the molecule is O=C(O)[C@H]1/C(=C/CO)O[C@@H]2CC(=O)N21.[Li]. The van der Waals surface area contributed by atoms with Crippen LogP contribution in [0.25, 0.3) is 0 Å². The summed E-state index contributed by atoms with van der Waals surface area (Å²) >= 11 is 0. The molecule has 2 heterocycles. The van der Waals surface area contributed by atoms with Crippen molar-refractivity contribution in [1.29, 1.82) is 0 Å². The van der Waals surface area contributed by atoms with Gasteiger partial charge in [0.25, 0.3) is 0 Å². The molecule has 15 heavy (non-hydrogen) atoms. The topological polar surface area (TPSA) is 87.1 Å². The van der Waals surface area contributed by atoms with Gasteiger partial charge in [0, 0.05) is 18.9 Å². The van der Waals surface area contributed by atoms with Crippen molar-refractivity contribution in [2.45, 2.75) is 18.7 Å². The maximum absolute atomic E-state index is 11.1. The Balaban J connectivity index is 0.00000112. The molecule has 2 N–H and O–H groups in total.